The first-order valence-corrected chi connectivity index (χ1v) is 6.84. The van der Waals surface area contributed by atoms with Crippen molar-refractivity contribution in [1.29, 1.82) is 0 Å². The third-order valence-corrected chi connectivity index (χ3v) is 3.70. The van der Waals surface area contributed by atoms with Crippen LogP contribution in [0.15, 0.2) is 39.2 Å². The lowest BCUT2D eigenvalue weighted by atomic mass is 10.1. The molecule has 0 bridgehead atoms. The summed E-state index contributed by atoms with van der Waals surface area (Å²) >= 11 is 3.34. The fraction of sp³-hybridized carbons (Fsp3) is 0.0714. The van der Waals surface area contributed by atoms with Crippen LogP contribution in [0.2, 0.25) is 0 Å². The molecule has 106 valence electrons. The molecule has 1 aromatic heterocycles. The zero-order chi connectivity index (χ0) is 15.1. The number of carbonyl (C=O) groups is 1. The van der Waals surface area contributed by atoms with Crippen LogP contribution in [0, 0.1) is 10.1 Å². The Labute approximate surface area is 127 Å². The number of nitrogens with zero attached hydrogens (tertiary/aromatic N) is 1. The highest BCUT2D eigenvalue weighted by Crippen LogP contribution is 2.43. The minimum Gasteiger partial charge on any atom is -0.454 e. The Morgan fingerprint density at radius 3 is 2.76 bits per heavy atom. The van der Waals surface area contributed by atoms with Gasteiger partial charge in [0.25, 0.3) is 5.69 Å². The number of halogens is 1. The van der Waals surface area contributed by atoms with E-state index in [1.54, 1.807) is 6.07 Å². The van der Waals surface area contributed by atoms with Gasteiger partial charge in [0.2, 0.25) is 5.91 Å². The quantitative estimate of drug-likeness (QED) is 0.555. The van der Waals surface area contributed by atoms with E-state index < -0.39 is 10.8 Å². The molecule has 1 N–H and O–H groups in total. The number of benzene rings is 2. The summed E-state index contributed by atoms with van der Waals surface area (Å²) in [6.07, 6.45) is 0. The molecule has 0 atom stereocenters. The largest absolute Gasteiger partial charge is 0.454 e. The second-order valence-corrected chi connectivity index (χ2v) is 5.35. The number of nitro benzene ring substituents is 1. The van der Waals surface area contributed by atoms with Crippen LogP contribution in [0.25, 0.3) is 21.9 Å². The Hall–Kier alpha value is -2.41. The summed E-state index contributed by atoms with van der Waals surface area (Å²) in [4.78, 5) is 22.0. The first-order valence-electron chi connectivity index (χ1n) is 6.04. The number of hydrogen-bond donors (Lipinski definition) is 1. The molecule has 0 saturated carbocycles. The molecule has 0 aliphatic rings. The summed E-state index contributed by atoms with van der Waals surface area (Å²) in [6.45, 7) is 1.29. The smallest absolute Gasteiger partial charge is 0.297 e. The molecular weight excluding hydrogens is 340 g/mol. The lowest BCUT2D eigenvalue weighted by molar-refractivity contribution is -0.383. The molecule has 0 fully saturated rings. The molecule has 0 spiro atoms. The number of fused-ring (bicyclic) bond motifs is 3. The van der Waals surface area contributed by atoms with E-state index in [2.05, 4.69) is 21.2 Å². The number of furan rings is 1. The zero-order valence-electron chi connectivity index (χ0n) is 10.8. The predicted octanol–water partition coefficient (Wildman–Crippen LogP) is 4.22. The van der Waals surface area contributed by atoms with E-state index in [1.165, 1.54) is 13.0 Å². The van der Waals surface area contributed by atoms with E-state index in [0.717, 1.165) is 5.39 Å². The Morgan fingerprint density at radius 1 is 1.38 bits per heavy atom. The first kappa shape index (κ1) is 13.6. The minimum absolute atomic E-state index is 0.0712. The van der Waals surface area contributed by atoms with E-state index in [9.17, 15) is 14.9 Å². The number of nitro groups is 1. The second kappa shape index (κ2) is 4.85. The van der Waals surface area contributed by atoms with Crippen LogP contribution in [0.5, 0.6) is 0 Å². The average Bonchev–Trinajstić information content (AvgIpc) is 2.81. The third-order valence-electron chi connectivity index (χ3n) is 3.08. The summed E-state index contributed by atoms with van der Waals surface area (Å²) in [7, 11) is 0. The van der Waals surface area contributed by atoms with Crippen LogP contribution in [-0.2, 0) is 4.79 Å². The maximum absolute atomic E-state index is 11.3. The van der Waals surface area contributed by atoms with Crippen molar-refractivity contribution in [3.8, 4) is 0 Å². The molecular formula is C14H9BrN2O4. The number of amides is 1. The van der Waals surface area contributed by atoms with Gasteiger partial charge in [-0.3, -0.25) is 14.9 Å². The zero-order valence-corrected chi connectivity index (χ0v) is 12.4. The molecule has 1 amide bonds. The van der Waals surface area contributed by atoms with Crippen LogP contribution in [0.4, 0.5) is 11.4 Å². The standard InChI is InChI=1S/C14H9BrN2O4/c1-7(18)16-13-10(17(19)20)6-9(15)12-8-4-2-3-5-11(8)21-14(12)13/h2-6H,1H3,(H,16,18). The van der Waals surface area contributed by atoms with Gasteiger partial charge in [0, 0.05) is 28.2 Å². The molecule has 0 saturated heterocycles. The van der Waals surface area contributed by atoms with E-state index >= 15 is 0 Å². The van der Waals surface area contributed by atoms with Gasteiger partial charge in [-0.25, -0.2) is 0 Å². The molecule has 6 nitrogen and oxygen atoms in total. The van der Waals surface area contributed by atoms with Crippen LogP contribution >= 0.6 is 15.9 Å². The van der Waals surface area contributed by atoms with Gasteiger partial charge in [0.05, 0.1) is 4.92 Å². The van der Waals surface area contributed by atoms with Crippen LogP contribution in [-0.4, -0.2) is 10.8 Å². The van der Waals surface area contributed by atoms with Gasteiger partial charge in [0.1, 0.15) is 5.58 Å². The lowest BCUT2D eigenvalue weighted by Crippen LogP contribution is -2.08. The summed E-state index contributed by atoms with van der Waals surface area (Å²) in [6, 6.07) is 8.66. The van der Waals surface area contributed by atoms with Crippen LogP contribution < -0.4 is 5.32 Å². The van der Waals surface area contributed by atoms with Crippen molar-refractivity contribution in [1.82, 2.24) is 0 Å². The number of anilines is 1. The van der Waals surface area contributed by atoms with Crippen LogP contribution in [0.1, 0.15) is 6.92 Å². The van der Waals surface area contributed by atoms with Crippen molar-refractivity contribution in [2.45, 2.75) is 6.92 Å². The lowest BCUT2D eigenvalue weighted by Gasteiger charge is -2.05. The van der Waals surface area contributed by atoms with Gasteiger partial charge in [-0.15, -0.1) is 0 Å². The Balaban J connectivity index is 2.48. The van der Waals surface area contributed by atoms with Crippen molar-refractivity contribution in [3.05, 3.63) is 44.9 Å². The minimum atomic E-state index is -0.553. The van der Waals surface area contributed by atoms with Gasteiger partial charge in [-0.1, -0.05) is 18.2 Å². The summed E-state index contributed by atoms with van der Waals surface area (Å²) < 4.78 is 6.25. The molecule has 2 aromatic carbocycles. The third kappa shape index (κ3) is 2.15. The number of rotatable bonds is 2. The molecule has 0 radical (unpaired) electrons. The Kier molecular flexibility index (Phi) is 3.13. The predicted molar refractivity (Wildman–Crippen MR) is 82.4 cm³/mol. The SMILES string of the molecule is CC(=O)Nc1c([N+](=O)[O-])cc(Br)c2c1oc1ccccc12. The van der Waals surface area contributed by atoms with E-state index in [4.69, 9.17) is 4.42 Å². The molecule has 0 aliphatic carbocycles. The first-order chi connectivity index (χ1) is 9.99. The van der Waals surface area contributed by atoms with Crippen molar-refractivity contribution in [2.24, 2.45) is 0 Å². The summed E-state index contributed by atoms with van der Waals surface area (Å²) in [5.41, 5.74) is 0.735. The molecule has 21 heavy (non-hydrogen) atoms. The van der Waals surface area contributed by atoms with Crippen molar-refractivity contribution in [3.63, 3.8) is 0 Å². The van der Waals surface area contributed by atoms with Gasteiger partial charge in [-0.05, 0) is 22.0 Å². The highest BCUT2D eigenvalue weighted by molar-refractivity contribution is 9.10. The van der Waals surface area contributed by atoms with Gasteiger partial charge < -0.3 is 9.73 Å². The van der Waals surface area contributed by atoms with Crippen molar-refractivity contribution >= 4 is 55.2 Å². The number of carbonyl (C=O) groups excluding carboxylic acids is 1. The average molecular weight is 349 g/mol. The molecule has 0 unspecified atom stereocenters. The van der Waals surface area contributed by atoms with E-state index in [-0.39, 0.29) is 17.0 Å². The van der Waals surface area contributed by atoms with Crippen molar-refractivity contribution in [2.75, 3.05) is 5.32 Å². The number of nitrogens with one attached hydrogen (secondary N) is 1. The number of hydrogen-bond acceptors (Lipinski definition) is 4. The molecule has 1 heterocycles. The highest BCUT2D eigenvalue weighted by atomic mass is 79.9. The van der Waals surface area contributed by atoms with Gasteiger partial charge in [0.15, 0.2) is 11.3 Å². The monoisotopic (exact) mass is 348 g/mol. The van der Waals surface area contributed by atoms with Crippen molar-refractivity contribution < 1.29 is 14.1 Å². The Morgan fingerprint density at radius 2 is 2.10 bits per heavy atom. The summed E-state index contributed by atoms with van der Waals surface area (Å²) in [5.74, 6) is -0.401. The van der Waals surface area contributed by atoms with Gasteiger partial charge >= 0.3 is 0 Å². The maximum Gasteiger partial charge on any atom is 0.297 e. The number of para-hydroxylation sites is 1. The van der Waals surface area contributed by atoms with Gasteiger partial charge in [-0.2, -0.15) is 0 Å². The van der Waals surface area contributed by atoms with E-state index in [1.807, 2.05) is 18.2 Å². The summed E-state index contributed by atoms with van der Waals surface area (Å²) in [5, 5.41) is 15.2. The molecule has 3 aromatic rings. The fourth-order valence-corrected chi connectivity index (χ4v) is 2.89. The highest BCUT2D eigenvalue weighted by Gasteiger charge is 2.24. The molecule has 0 aliphatic heterocycles. The maximum atomic E-state index is 11.3. The topological polar surface area (TPSA) is 85.4 Å². The second-order valence-electron chi connectivity index (χ2n) is 4.49. The molecule has 7 heteroatoms. The Bertz CT molecular complexity index is 901. The van der Waals surface area contributed by atoms with E-state index in [0.29, 0.717) is 15.4 Å². The molecule has 3 rings (SSSR count). The fourth-order valence-electron chi connectivity index (χ4n) is 2.28. The normalized spacial score (nSPS) is 11.0. The van der Waals surface area contributed by atoms with Crippen LogP contribution in [0.3, 0.4) is 0 Å².